The van der Waals surface area contributed by atoms with Crippen LogP contribution in [0.5, 0.6) is 0 Å². The van der Waals surface area contributed by atoms with Gasteiger partial charge in [-0.2, -0.15) is 4.68 Å². The zero-order valence-corrected chi connectivity index (χ0v) is 19.5. The summed E-state index contributed by atoms with van der Waals surface area (Å²) in [5.74, 6) is 0. The van der Waals surface area contributed by atoms with Gasteiger partial charge in [-0.1, -0.05) is 87.9 Å². The van der Waals surface area contributed by atoms with Crippen molar-refractivity contribution in [3.8, 4) is 0 Å². The van der Waals surface area contributed by atoms with Crippen molar-refractivity contribution in [2.45, 2.75) is 98.1 Å². The molecule has 0 N–H and O–H groups in total. The summed E-state index contributed by atoms with van der Waals surface area (Å²) in [6, 6.07) is 8.04. The minimum absolute atomic E-state index is 0.687. The van der Waals surface area contributed by atoms with Crippen molar-refractivity contribution in [3.05, 3.63) is 51.3 Å². The largest absolute Gasteiger partial charge is 0.205 e. The maximum absolute atomic E-state index is 6.40. The van der Waals surface area contributed by atoms with Crippen LogP contribution in [0.1, 0.15) is 88.1 Å². The Balaban J connectivity index is 1.79. The molecule has 0 aliphatic carbocycles. The summed E-state index contributed by atoms with van der Waals surface area (Å²) in [6.07, 6.45) is 13.7. The molecule has 156 valence electrons. The van der Waals surface area contributed by atoms with Crippen LogP contribution in [0.3, 0.4) is 0 Å². The molecule has 28 heavy (non-hydrogen) atoms. The van der Waals surface area contributed by atoms with Crippen molar-refractivity contribution in [3.63, 3.8) is 0 Å². The maximum Gasteiger partial charge on any atom is 0.205 e. The van der Waals surface area contributed by atoms with Gasteiger partial charge in [0.2, 0.25) is 5.69 Å². The quantitative estimate of drug-likeness (QED) is 0.230. The summed E-state index contributed by atoms with van der Waals surface area (Å²) in [5.41, 5.74) is 3.70. The highest BCUT2D eigenvalue weighted by Crippen LogP contribution is 2.21. The zero-order valence-electron chi connectivity index (χ0n) is 17.9. The van der Waals surface area contributed by atoms with Gasteiger partial charge < -0.3 is 0 Å². The van der Waals surface area contributed by atoms with E-state index in [-0.39, 0.29) is 0 Å². The smallest absolute Gasteiger partial charge is 0.158 e. The van der Waals surface area contributed by atoms with E-state index in [4.69, 9.17) is 23.2 Å². The molecule has 4 heteroatoms. The van der Waals surface area contributed by atoms with Gasteiger partial charge in [0.15, 0.2) is 6.54 Å². The first kappa shape index (κ1) is 23.3. The molecule has 0 bridgehead atoms. The summed E-state index contributed by atoms with van der Waals surface area (Å²) in [5, 5.41) is 1.43. The van der Waals surface area contributed by atoms with Crippen LogP contribution in [0.4, 0.5) is 0 Å². The van der Waals surface area contributed by atoms with E-state index in [1.54, 1.807) is 0 Å². The number of unbranched alkanes of at least 4 members (excludes halogenated alkanes) is 9. The van der Waals surface area contributed by atoms with Gasteiger partial charge in [0, 0.05) is 23.6 Å². The van der Waals surface area contributed by atoms with E-state index in [1.807, 2.05) is 18.2 Å². The lowest BCUT2D eigenvalue weighted by Crippen LogP contribution is -2.46. The summed E-state index contributed by atoms with van der Waals surface area (Å²) in [7, 11) is 0. The molecular weight excluding hydrogens is 387 g/mol. The second-order valence-electron chi connectivity index (χ2n) is 8.03. The molecule has 0 atom stereocenters. The second kappa shape index (κ2) is 12.5. The predicted octanol–water partition coefficient (Wildman–Crippen LogP) is 7.67. The fourth-order valence-electron chi connectivity index (χ4n) is 3.90. The highest BCUT2D eigenvalue weighted by molar-refractivity contribution is 6.35. The third kappa shape index (κ3) is 7.44. The minimum atomic E-state index is 0.687. The number of halogens is 2. The van der Waals surface area contributed by atoms with Gasteiger partial charge in [-0.25, -0.2) is 0 Å². The van der Waals surface area contributed by atoms with Gasteiger partial charge in [-0.15, -0.1) is 4.68 Å². The average Bonchev–Trinajstić information content (AvgIpc) is 2.92. The van der Waals surface area contributed by atoms with Gasteiger partial charge in [0.25, 0.3) is 0 Å². The molecule has 0 radical (unpaired) electrons. The Labute approximate surface area is 181 Å². The number of benzene rings is 1. The SMILES string of the molecule is CCCCCCCCCCCCn1c(C)cc(C)[n+]1Cc1ccc(Cl)cc1Cl. The molecule has 0 amide bonds. The average molecular weight is 424 g/mol. The zero-order chi connectivity index (χ0) is 20.4. The van der Waals surface area contributed by atoms with Crippen molar-refractivity contribution < 1.29 is 4.68 Å². The monoisotopic (exact) mass is 423 g/mol. The van der Waals surface area contributed by atoms with Gasteiger partial charge in [0.1, 0.15) is 0 Å². The van der Waals surface area contributed by atoms with Crippen LogP contribution >= 0.6 is 23.2 Å². The van der Waals surface area contributed by atoms with Crippen LogP contribution < -0.4 is 4.68 Å². The molecular formula is C24H37Cl2N2+. The van der Waals surface area contributed by atoms with Gasteiger partial charge in [-0.3, -0.25) is 0 Å². The molecule has 0 aliphatic heterocycles. The van der Waals surface area contributed by atoms with Crippen LogP contribution in [-0.4, -0.2) is 4.68 Å². The molecule has 2 aromatic rings. The van der Waals surface area contributed by atoms with Crippen LogP contribution in [0.25, 0.3) is 0 Å². The highest BCUT2D eigenvalue weighted by atomic mass is 35.5. The molecule has 2 rings (SSSR count). The second-order valence-corrected chi connectivity index (χ2v) is 8.87. The van der Waals surface area contributed by atoms with Crippen molar-refractivity contribution >= 4 is 23.2 Å². The molecule has 1 heterocycles. The molecule has 0 fully saturated rings. The van der Waals surface area contributed by atoms with E-state index in [1.165, 1.54) is 75.6 Å². The number of hydrogen-bond acceptors (Lipinski definition) is 0. The van der Waals surface area contributed by atoms with Crippen molar-refractivity contribution in [2.75, 3.05) is 0 Å². The Morgan fingerprint density at radius 1 is 0.821 bits per heavy atom. The molecule has 0 unspecified atom stereocenters. The van der Waals surface area contributed by atoms with E-state index in [2.05, 4.69) is 36.2 Å². The Hall–Kier alpha value is -0.990. The molecule has 0 spiro atoms. The van der Waals surface area contributed by atoms with Crippen LogP contribution in [-0.2, 0) is 13.1 Å². The lowest BCUT2D eigenvalue weighted by atomic mass is 10.1. The van der Waals surface area contributed by atoms with Gasteiger partial charge in [0.05, 0.1) is 17.3 Å². The highest BCUT2D eigenvalue weighted by Gasteiger charge is 2.19. The Morgan fingerprint density at radius 2 is 1.43 bits per heavy atom. The summed E-state index contributed by atoms with van der Waals surface area (Å²) < 4.78 is 4.75. The lowest BCUT2D eigenvalue weighted by Gasteiger charge is -2.08. The first-order valence-electron chi connectivity index (χ1n) is 11.0. The molecule has 1 aromatic heterocycles. The van der Waals surface area contributed by atoms with Crippen molar-refractivity contribution in [2.24, 2.45) is 0 Å². The summed E-state index contributed by atoms with van der Waals surface area (Å²) in [4.78, 5) is 0. The van der Waals surface area contributed by atoms with Crippen LogP contribution in [0.15, 0.2) is 24.3 Å². The Kier molecular flexibility index (Phi) is 10.4. The van der Waals surface area contributed by atoms with E-state index in [0.717, 1.165) is 23.7 Å². The van der Waals surface area contributed by atoms with Gasteiger partial charge in [-0.05, 0) is 31.5 Å². The van der Waals surface area contributed by atoms with Crippen LogP contribution in [0, 0.1) is 13.8 Å². The first-order chi connectivity index (χ1) is 13.5. The van der Waals surface area contributed by atoms with E-state index >= 15 is 0 Å². The fraction of sp³-hybridized carbons (Fsp3) is 0.625. The summed E-state index contributed by atoms with van der Waals surface area (Å²) >= 11 is 12.4. The van der Waals surface area contributed by atoms with E-state index in [9.17, 15) is 0 Å². The number of nitrogens with zero attached hydrogens (tertiary/aromatic N) is 2. The number of rotatable bonds is 13. The maximum atomic E-state index is 6.40. The molecule has 0 saturated carbocycles. The predicted molar refractivity (Wildman–Crippen MR) is 122 cm³/mol. The van der Waals surface area contributed by atoms with E-state index in [0.29, 0.717) is 5.02 Å². The molecule has 1 aromatic carbocycles. The molecule has 0 saturated heterocycles. The Morgan fingerprint density at radius 3 is 2.04 bits per heavy atom. The van der Waals surface area contributed by atoms with Crippen LogP contribution in [0.2, 0.25) is 10.0 Å². The topological polar surface area (TPSA) is 8.81 Å². The summed E-state index contributed by atoms with van der Waals surface area (Å²) in [6.45, 7) is 8.51. The third-order valence-corrected chi connectivity index (χ3v) is 6.17. The first-order valence-corrected chi connectivity index (χ1v) is 11.8. The van der Waals surface area contributed by atoms with Crippen molar-refractivity contribution in [1.82, 2.24) is 4.68 Å². The standard InChI is InChI=1S/C24H37Cl2N2/c1-4-5-6-7-8-9-10-11-12-13-16-27-20(2)17-21(3)28(27)19-22-14-15-23(25)18-24(22)26/h14-15,17-18H,4-13,16,19H2,1-3H3/q+1. The number of aromatic nitrogens is 2. The van der Waals surface area contributed by atoms with E-state index < -0.39 is 0 Å². The normalized spacial score (nSPS) is 11.3. The van der Waals surface area contributed by atoms with Gasteiger partial charge >= 0.3 is 0 Å². The minimum Gasteiger partial charge on any atom is -0.158 e. The fourth-order valence-corrected chi connectivity index (χ4v) is 4.37. The lowest BCUT2D eigenvalue weighted by molar-refractivity contribution is -0.773. The Bertz CT molecular complexity index is 722. The number of aryl methyl sites for hydroxylation is 2. The molecule has 0 aliphatic rings. The number of hydrogen-bond donors (Lipinski definition) is 0. The third-order valence-electron chi connectivity index (χ3n) is 5.58. The molecule has 2 nitrogen and oxygen atoms in total. The van der Waals surface area contributed by atoms with Crippen molar-refractivity contribution in [1.29, 1.82) is 0 Å².